The van der Waals surface area contributed by atoms with Gasteiger partial charge in [-0.1, -0.05) is 0 Å². The van der Waals surface area contributed by atoms with Crippen molar-refractivity contribution in [1.82, 2.24) is 15.1 Å². The van der Waals surface area contributed by atoms with Crippen molar-refractivity contribution < 1.29 is 9.59 Å². The van der Waals surface area contributed by atoms with Crippen LogP contribution in [0.25, 0.3) is 0 Å². The van der Waals surface area contributed by atoms with Gasteiger partial charge in [-0.05, 0) is 56.5 Å². The summed E-state index contributed by atoms with van der Waals surface area (Å²) in [5.41, 5.74) is 3.10. The molecule has 1 fully saturated rings. The highest BCUT2D eigenvalue weighted by Crippen LogP contribution is 2.21. The van der Waals surface area contributed by atoms with Crippen molar-refractivity contribution >= 4 is 23.2 Å². The highest BCUT2D eigenvalue weighted by Gasteiger charge is 2.14. The quantitative estimate of drug-likeness (QED) is 0.861. The second kappa shape index (κ2) is 8.03. The summed E-state index contributed by atoms with van der Waals surface area (Å²) in [7, 11) is 1.70. The van der Waals surface area contributed by atoms with Gasteiger partial charge in [0.15, 0.2) is 0 Å². The van der Waals surface area contributed by atoms with Gasteiger partial charge in [0.2, 0.25) is 5.91 Å². The van der Waals surface area contributed by atoms with Gasteiger partial charge in [0.1, 0.15) is 5.69 Å². The van der Waals surface area contributed by atoms with Crippen LogP contribution in [-0.2, 0) is 11.8 Å². The normalized spacial score (nSPS) is 14.2. The molecule has 2 heterocycles. The van der Waals surface area contributed by atoms with Crippen molar-refractivity contribution in [3.05, 3.63) is 41.7 Å². The Morgan fingerprint density at radius 3 is 2.42 bits per heavy atom. The predicted molar refractivity (Wildman–Crippen MR) is 101 cm³/mol. The molecule has 7 heteroatoms. The molecule has 0 saturated carbocycles. The van der Waals surface area contributed by atoms with Crippen LogP contribution in [0.2, 0.25) is 0 Å². The van der Waals surface area contributed by atoms with Gasteiger partial charge in [-0.2, -0.15) is 5.10 Å². The first-order chi connectivity index (χ1) is 12.5. The van der Waals surface area contributed by atoms with E-state index >= 15 is 0 Å². The number of aromatic nitrogens is 2. The maximum absolute atomic E-state index is 12.1. The van der Waals surface area contributed by atoms with E-state index in [1.807, 2.05) is 31.2 Å². The third kappa shape index (κ3) is 4.41. The molecule has 2 N–H and O–H groups in total. The van der Waals surface area contributed by atoms with Crippen molar-refractivity contribution in [1.29, 1.82) is 0 Å². The maximum Gasteiger partial charge on any atom is 0.269 e. The first-order valence-electron chi connectivity index (χ1n) is 8.96. The van der Waals surface area contributed by atoms with E-state index in [1.54, 1.807) is 13.1 Å². The van der Waals surface area contributed by atoms with Gasteiger partial charge < -0.3 is 15.5 Å². The maximum atomic E-state index is 12.1. The lowest BCUT2D eigenvalue weighted by Crippen LogP contribution is -2.33. The van der Waals surface area contributed by atoms with Crippen LogP contribution in [-0.4, -0.2) is 41.2 Å². The highest BCUT2D eigenvalue weighted by molar-refractivity contribution is 5.98. The van der Waals surface area contributed by atoms with Crippen LogP contribution in [0, 0.1) is 6.92 Å². The number of carbonyl (C=O) groups is 2. The molecule has 0 bridgehead atoms. The summed E-state index contributed by atoms with van der Waals surface area (Å²) < 4.78 is 1.50. The summed E-state index contributed by atoms with van der Waals surface area (Å²) in [5, 5.41) is 9.55. The fourth-order valence-corrected chi connectivity index (χ4v) is 3.19. The third-order valence-electron chi connectivity index (χ3n) is 4.52. The molecule has 0 aliphatic carbocycles. The SMILES string of the molecule is Cc1cc(C(=O)NCC(=O)Nc2ccc(N3CCCCC3)cc2)n(C)n1. The Bertz CT molecular complexity index is 776. The number of aryl methyl sites for hydroxylation is 2. The molecule has 1 aliphatic heterocycles. The lowest BCUT2D eigenvalue weighted by Gasteiger charge is -2.28. The summed E-state index contributed by atoms with van der Waals surface area (Å²) in [4.78, 5) is 26.5. The zero-order valence-electron chi connectivity index (χ0n) is 15.3. The topological polar surface area (TPSA) is 79.3 Å². The average Bonchev–Trinajstić information content (AvgIpc) is 2.99. The first kappa shape index (κ1) is 18.0. The Morgan fingerprint density at radius 1 is 1.12 bits per heavy atom. The Labute approximate surface area is 153 Å². The number of carbonyl (C=O) groups excluding carboxylic acids is 2. The Morgan fingerprint density at radius 2 is 1.81 bits per heavy atom. The molecular weight excluding hydrogens is 330 g/mol. The number of hydrogen-bond acceptors (Lipinski definition) is 4. The zero-order valence-corrected chi connectivity index (χ0v) is 15.3. The number of anilines is 2. The molecule has 1 saturated heterocycles. The van der Waals surface area contributed by atoms with Gasteiger partial charge in [0, 0.05) is 31.5 Å². The fraction of sp³-hybridized carbons (Fsp3) is 0.421. The standard InChI is InChI=1S/C19H25N5O2/c1-14-12-17(23(2)22-14)19(26)20-13-18(25)21-15-6-8-16(9-7-15)24-10-4-3-5-11-24/h6-9,12H,3-5,10-11,13H2,1-2H3,(H,20,26)(H,21,25). The van der Waals surface area contributed by atoms with Crippen molar-refractivity contribution in [3.63, 3.8) is 0 Å². The summed E-state index contributed by atoms with van der Waals surface area (Å²) in [5.74, 6) is -0.577. The minimum atomic E-state index is -0.316. The number of piperidine rings is 1. The van der Waals surface area contributed by atoms with Crippen molar-refractivity contribution in [3.8, 4) is 0 Å². The van der Waals surface area contributed by atoms with E-state index in [2.05, 4.69) is 20.6 Å². The third-order valence-corrected chi connectivity index (χ3v) is 4.52. The molecule has 2 amide bonds. The van der Waals surface area contributed by atoms with Crippen LogP contribution in [0.15, 0.2) is 30.3 Å². The Balaban J connectivity index is 1.50. The van der Waals surface area contributed by atoms with Gasteiger partial charge in [-0.15, -0.1) is 0 Å². The van der Waals surface area contributed by atoms with Crippen LogP contribution in [0.1, 0.15) is 35.4 Å². The van der Waals surface area contributed by atoms with E-state index in [4.69, 9.17) is 0 Å². The average molecular weight is 355 g/mol. The Kier molecular flexibility index (Phi) is 5.55. The number of amides is 2. The lowest BCUT2D eigenvalue weighted by molar-refractivity contribution is -0.115. The molecule has 1 aliphatic rings. The van der Waals surface area contributed by atoms with Crippen molar-refractivity contribution in [2.24, 2.45) is 7.05 Å². The van der Waals surface area contributed by atoms with E-state index in [0.717, 1.165) is 24.5 Å². The van der Waals surface area contributed by atoms with Crippen LogP contribution in [0.4, 0.5) is 11.4 Å². The molecule has 3 rings (SSSR count). The summed E-state index contributed by atoms with van der Waals surface area (Å²) >= 11 is 0. The molecule has 0 radical (unpaired) electrons. The number of hydrogen-bond donors (Lipinski definition) is 2. The number of rotatable bonds is 5. The van der Waals surface area contributed by atoms with Crippen LogP contribution in [0.5, 0.6) is 0 Å². The zero-order chi connectivity index (χ0) is 18.5. The van der Waals surface area contributed by atoms with E-state index in [1.165, 1.54) is 29.6 Å². The summed E-state index contributed by atoms with van der Waals surface area (Å²) in [6.45, 7) is 3.91. The van der Waals surface area contributed by atoms with Crippen LogP contribution >= 0.6 is 0 Å². The largest absolute Gasteiger partial charge is 0.372 e. The first-order valence-corrected chi connectivity index (χ1v) is 8.96. The minimum Gasteiger partial charge on any atom is -0.372 e. The minimum absolute atomic E-state index is 0.0864. The molecule has 1 aromatic carbocycles. The molecule has 7 nitrogen and oxygen atoms in total. The van der Waals surface area contributed by atoms with Gasteiger partial charge >= 0.3 is 0 Å². The molecule has 2 aromatic rings. The molecule has 26 heavy (non-hydrogen) atoms. The smallest absolute Gasteiger partial charge is 0.269 e. The predicted octanol–water partition coefficient (Wildman–Crippen LogP) is 2.09. The van der Waals surface area contributed by atoms with E-state index < -0.39 is 0 Å². The summed E-state index contributed by atoms with van der Waals surface area (Å²) in [6, 6.07) is 9.53. The van der Waals surface area contributed by atoms with E-state index in [0.29, 0.717) is 5.69 Å². The van der Waals surface area contributed by atoms with Gasteiger partial charge in [0.05, 0.1) is 12.2 Å². The monoisotopic (exact) mass is 355 g/mol. The highest BCUT2D eigenvalue weighted by atomic mass is 16.2. The number of benzene rings is 1. The molecule has 138 valence electrons. The van der Waals surface area contributed by atoms with E-state index in [9.17, 15) is 9.59 Å². The molecule has 0 unspecified atom stereocenters. The second-order valence-electron chi connectivity index (χ2n) is 6.62. The fourth-order valence-electron chi connectivity index (χ4n) is 3.19. The van der Waals surface area contributed by atoms with Gasteiger partial charge in [0.25, 0.3) is 5.91 Å². The number of nitrogens with one attached hydrogen (secondary N) is 2. The lowest BCUT2D eigenvalue weighted by atomic mass is 10.1. The molecule has 0 atom stereocenters. The van der Waals surface area contributed by atoms with Crippen molar-refractivity contribution in [2.45, 2.75) is 26.2 Å². The second-order valence-corrected chi connectivity index (χ2v) is 6.62. The van der Waals surface area contributed by atoms with Gasteiger partial charge in [-0.3, -0.25) is 14.3 Å². The molecule has 0 spiro atoms. The van der Waals surface area contributed by atoms with Crippen LogP contribution in [0.3, 0.4) is 0 Å². The van der Waals surface area contributed by atoms with Gasteiger partial charge in [-0.25, -0.2) is 0 Å². The van der Waals surface area contributed by atoms with Crippen LogP contribution < -0.4 is 15.5 Å². The Hall–Kier alpha value is -2.83. The summed E-state index contributed by atoms with van der Waals surface area (Å²) in [6.07, 6.45) is 3.76. The molecule has 1 aromatic heterocycles. The van der Waals surface area contributed by atoms with E-state index in [-0.39, 0.29) is 18.4 Å². The van der Waals surface area contributed by atoms with Crippen molar-refractivity contribution in [2.75, 3.05) is 29.9 Å². The molecular formula is C19H25N5O2. The number of nitrogens with zero attached hydrogens (tertiary/aromatic N) is 3.